The Kier molecular flexibility index (Phi) is 5.15. The van der Waals surface area contributed by atoms with Crippen molar-refractivity contribution in [3.8, 4) is 0 Å². The molecule has 6 heteroatoms. The van der Waals surface area contributed by atoms with Crippen LogP contribution in [0.3, 0.4) is 0 Å². The van der Waals surface area contributed by atoms with Gasteiger partial charge in [0, 0.05) is 25.7 Å². The molecule has 0 radical (unpaired) electrons. The van der Waals surface area contributed by atoms with Crippen molar-refractivity contribution in [3.63, 3.8) is 0 Å². The number of hydrogen-bond acceptors (Lipinski definition) is 4. The van der Waals surface area contributed by atoms with Crippen molar-refractivity contribution in [1.29, 1.82) is 0 Å². The largest absolute Gasteiger partial charge is 0.336 e. The monoisotopic (exact) mass is 268 g/mol. The summed E-state index contributed by atoms with van der Waals surface area (Å²) >= 11 is 0. The highest BCUT2D eigenvalue weighted by molar-refractivity contribution is 5.96. The molecule has 1 unspecified atom stereocenters. The molecule has 108 valence electrons. The summed E-state index contributed by atoms with van der Waals surface area (Å²) in [6.45, 7) is 6.25. The molecule has 1 atom stereocenters. The number of piperidine rings is 1. The zero-order valence-electron chi connectivity index (χ0n) is 11.7. The number of carbonyl (C=O) groups excluding carboxylic acids is 2. The molecule has 2 aliphatic heterocycles. The van der Waals surface area contributed by atoms with Crippen molar-refractivity contribution in [2.75, 3.05) is 39.3 Å². The Morgan fingerprint density at radius 2 is 2.26 bits per heavy atom. The Morgan fingerprint density at radius 1 is 1.42 bits per heavy atom. The van der Waals surface area contributed by atoms with Gasteiger partial charge in [-0.3, -0.25) is 14.6 Å². The van der Waals surface area contributed by atoms with Gasteiger partial charge in [0.25, 0.3) is 0 Å². The highest BCUT2D eigenvalue weighted by atomic mass is 16.2. The average Bonchev–Trinajstić information content (AvgIpc) is 2.85. The Bertz CT molecular complexity index is 329. The predicted molar refractivity (Wildman–Crippen MR) is 72.9 cm³/mol. The number of urea groups is 1. The number of imide groups is 1. The second-order valence-corrected chi connectivity index (χ2v) is 5.25. The lowest BCUT2D eigenvalue weighted by atomic mass is 10.0. The summed E-state index contributed by atoms with van der Waals surface area (Å²) in [7, 11) is 0. The zero-order chi connectivity index (χ0) is 13.7. The Labute approximate surface area is 114 Å². The van der Waals surface area contributed by atoms with Crippen LogP contribution >= 0.6 is 0 Å². The van der Waals surface area contributed by atoms with Crippen LogP contribution in [0.1, 0.15) is 26.2 Å². The summed E-state index contributed by atoms with van der Waals surface area (Å²) < 4.78 is 0. The van der Waals surface area contributed by atoms with E-state index in [0.717, 1.165) is 19.6 Å². The van der Waals surface area contributed by atoms with Crippen molar-refractivity contribution in [2.45, 2.75) is 32.2 Å². The van der Waals surface area contributed by atoms with Gasteiger partial charge in [-0.25, -0.2) is 4.79 Å². The maximum Gasteiger partial charge on any atom is 0.324 e. The summed E-state index contributed by atoms with van der Waals surface area (Å²) in [6.07, 6.45) is 3.68. The van der Waals surface area contributed by atoms with Crippen LogP contribution in [-0.2, 0) is 4.79 Å². The first-order chi connectivity index (χ1) is 9.20. The van der Waals surface area contributed by atoms with E-state index in [1.165, 1.54) is 24.2 Å². The van der Waals surface area contributed by atoms with E-state index < -0.39 is 0 Å². The molecule has 0 saturated carbocycles. The zero-order valence-corrected chi connectivity index (χ0v) is 11.7. The molecular weight excluding hydrogens is 244 g/mol. The van der Waals surface area contributed by atoms with E-state index in [0.29, 0.717) is 25.7 Å². The number of carbonyl (C=O) groups is 2. The van der Waals surface area contributed by atoms with Gasteiger partial charge in [0.2, 0.25) is 5.91 Å². The van der Waals surface area contributed by atoms with E-state index in [1.807, 2.05) is 0 Å². The van der Waals surface area contributed by atoms with Crippen LogP contribution in [0.15, 0.2) is 0 Å². The Morgan fingerprint density at radius 3 is 2.84 bits per heavy atom. The fraction of sp³-hybridized carbons (Fsp3) is 0.846. The van der Waals surface area contributed by atoms with Crippen molar-refractivity contribution < 1.29 is 9.59 Å². The fourth-order valence-electron chi connectivity index (χ4n) is 2.68. The first-order valence-corrected chi connectivity index (χ1v) is 7.24. The molecule has 2 rings (SSSR count). The van der Waals surface area contributed by atoms with Gasteiger partial charge in [-0.2, -0.15) is 0 Å². The number of nitrogens with zero attached hydrogens (tertiary/aromatic N) is 2. The van der Waals surface area contributed by atoms with Gasteiger partial charge in [-0.05, 0) is 25.9 Å². The van der Waals surface area contributed by atoms with Gasteiger partial charge >= 0.3 is 6.03 Å². The van der Waals surface area contributed by atoms with Crippen LogP contribution in [0.5, 0.6) is 0 Å². The van der Waals surface area contributed by atoms with E-state index in [9.17, 15) is 9.59 Å². The van der Waals surface area contributed by atoms with Crippen molar-refractivity contribution >= 4 is 11.9 Å². The van der Waals surface area contributed by atoms with Gasteiger partial charge in [0.05, 0.1) is 6.54 Å². The third kappa shape index (κ3) is 3.91. The molecular formula is C13H24N4O2. The Balaban J connectivity index is 1.80. The first kappa shape index (κ1) is 14.3. The molecule has 0 aromatic rings. The van der Waals surface area contributed by atoms with Gasteiger partial charge < -0.3 is 10.6 Å². The lowest BCUT2D eigenvalue weighted by Crippen LogP contribution is -2.47. The normalized spacial score (nSPS) is 23.8. The molecule has 0 bridgehead atoms. The highest BCUT2D eigenvalue weighted by Crippen LogP contribution is 2.09. The molecule has 3 amide bonds. The number of amides is 3. The van der Waals surface area contributed by atoms with Crippen LogP contribution in [0.2, 0.25) is 0 Å². The van der Waals surface area contributed by atoms with Gasteiger partial charge in [-0.1, -0.05) is 13.3 Å². The predicted octanol–water partition coefficient (Wildman–Crippen LogP) is 0.00220. The lowest BCUT2D eigenvalue weighted by Gasteiger charge is -2.30. The van der Waals surface area contributed by atoms with Gasteiger partial charge in [0.15, 0.2) is 0 Å². The topological polar surface area (TPSA) is 64.7 Å². The molecule has 2 aliphatic rings. The van der Waals surface area contributed by atoms with E-state index in [1.54, 1.807) is 0 Å². The highest BCUT2D eigenvalue weighted by Gasteiger charge is 2.27. The SMILES string of the molecule is CCN(CC(=O)N1CCNC1=O)CC1CCCCN1. The lowest BCUT2D eigenvalue weighted by molar-refractivity contribution is -0.128. The third-order valence-corrected chi connectivity index (χ3v) is 3.85. The first-order valence-electron chi connectivity index (χ1n) is 7.24. The summed E-state index contributed by atoms with van der Waals surface area (Å²) in [5, 5.41) is 6.15. The second-order valence-electron chi connectivity index (χ2n) is 5.25. The molecule has 0 aromatic heterocycles. The number of likely N-dealkylation sites (N-methyl/N-ethyl adjacent to an activating group) is 1. The molecule has 0 aliphatic carbocycles. The number of nitrogens with one attached hydrogen (secondary N) is 2. The summed E-state index contributed by atoms with van der Waals surface area (Å²) in [4.78, 5) is 26.9. The minimum Gasteiger partial charge on any atom is -0.336 e. The Hall–Kier alpha value is -1.14. The molecule has 2 N–H and O–H groups in total. The molecule has 2 heterocycles. The smallest absolute Gasteiger partial charge is 0.324 e. The van der Waals surface area contributed by atoms with E-state index in [4.69, 9.17) is 0 Å². The van der Waals surface area contributed by atoms with Crippen molar-refractivity contribution in [1.82, 2.24) is 20.4 Å². The summed E-state index contributed by atoms with van der Waals surface area (Å²) in [6, 6.07) is 0.228. The standard InChI is InChI=1S/C13H24N4O2/c1-2-16(9-11-5-3-4-6-14-11)10-12(18)17-8-7-15-13(17)19/h11,14H,2-10H2,1H3,(H,15,19). The average molecular weight is 268 g/mol. The molecule has 0 spiro atoms. The van der Waals surface area contributed by atoms with Gasteiger partial charge in [0.1, 0.15) is 0 Å². The molecule has 2 fully saturated rings. The molecule has 0 aromatic carbocycles. The summed E-state index contributed by atoms with van der Waals surface area (Å²) in [5.41, 5.74) is 0. The fourth-order valence-corrected chi connectivity index (χ4v) is 2.68. The number of rotatable bonds is 5. The number of hydrogen-bond donors (Lipinski definition) is 2. The molecule has 6 nitrogen and oxygen atoms in total. The molecule has 2 saturated heterocycles. The van der Waals surface area contributed by atoms with E-state index in [2.05, 4.69) is 22.5 Å². The van der Waals surface area contributed by atoms with Crippen LogP contribution in [0.4, 0.5) is 4.79 Å². The van der Waals surface area contributed by atoms with Crippen LogP contribution in [0, 0.1) is 0 Å². The van der Waals surface area contributed by atoms with Crippen LogP contribution in [0.25, 0.3) is 0 Å². The quantitative estimate of drug-likeness (QED) is 0.737. The second kappa shape index (κ2) is 6.86. The molecule has 19 heavy (non-hydrogen) atoms. The summed E-state index contributed by atoms with van der Waals surface area (Å²) in [5.74, 6) is -0.0901. The van der Waals surface area contributed by atoms with Crippen molar-refractivity contribution in [2.24, 2.45) is 0 Å². The minimum absolute atomic E-state index is 0.0901. The van der Waals surface area contributed by atoms with Crippen LogP contribution < -0.4 is 10.6 Å². The van der Waals surface area contributed by atoms with Crippen LogP contribution in [-0.4, -0.2) is 67.0 Å². The van der Waals surface area contributed by atoms with E-state index >= 15 is 0 Å². The maximum atomic E-state index is 12.1. The van der Waals surface area contributed by atoms with Gasteiger partial charge in [-0.15, -0.1) is 0 Å². The minimum atomic E-state index is -0.253. The van der Waals surface area contributed by atoms with Crippen molar-refractivity contribution in [3.05, 3.63) is 0 Å². The maximum absolute atomic E-state index is 12.1. The third-order valence-electron chi connectivity index (χ3n) is 3.85. The van der Waals surface area contributed by atoms with E-state index in [-0.39, 0.29) is 11.9 Å².